The lowest BCUT2D eigenvalue weighted by Gasteiger charge is -2.28. The van der Waals surface area contributed by atoms with Gasteiger partial charge in [0.2, 0.25) is 5.91 Å². The predicted octanol–water partition coefficient (Wildman–Crippen LogP) is 1.15. The van der Waals surface area contributed by atoms with E-state index < -0.39 is 0 Å². The Morgan fingerprint density at radius 1 is 0.889 bits per heavy atom. The van der Waals surface area contributed by atoms with Crippen LogP contribution in [0.4, 0.5) is 4.79 Å². The normalized spacial score (nSPS) is 22.7. The number of rotatable bonds is 0. The molecule has 5 nitrogen and oxygen atoms in total. The molecule has 0 aromatic carbocycles. The number of likely N-dealkylation sites (tertiary alicyclic amines) is 1. The van der Waals surface area contributed by atoms with E-state index in [0.29, 0.717) is 6.54 Å². The second-order valence-corrected chi connectivity index (χ2v) is 5.27. The van der Waals surface area contributed by atoms with Gasteiger partial charge in [0.15, 0.2) is 0 Å². The molecular formula is C13H23N3O2. The minimum Gasteiger partial charge on any atom is -0.344 e. The van der Waals surface area contributed by atoms with Crippen LogP contribution in [0.5, 0.6) is 0 Å². The van der Waals surface area contributed by atoms with Gasteiger partial charge in [0, 0.05) is 33.2 Å². The summed E-state index contributed by atoms with van der Waals surface area (Å²) in [5.74, 6) is 0.0515. The highest BCUT2D eigenvalue weighted by molar-refractivity contribution is 5.84. The Morgan fingerprint density at radius 3 is 2.17 bits per heavy atom. The van der Waals surface area contributed by atoms with E-state index >= 15 is 0 Å². The van der Waals surface area contributed by atoms with E-state index in [1.165, 1.54) is 12.8 Å². The molecule has 2 rings (SSSR count). The molecule has 3 amide bonds. The van der Waals surface area contributed by atoms with Crippen molar-refractivity contribution in [2.45, 2.75) is 32.1 Å². The first-order chi connectivity index (χ1) is 8.68. The second kappa shape index (κ2) is 6.07. The standard InChI is InChI=1S/C13H23N3O2/c1-14-7-6-10-16(11-12(14)17)13(18)15-8-4-2-3-5-9-15/h2-11H2,1H3. The smallest absolute Gasteiger partial charge is 0.320 e. The summed E-state index contributed by atoms with van der Waals surface area (Å²) in [6, 6.07) is 0.0561. The number of nitrogens with zero attached hydrogens (tertiary/aromatic N) is 3. The van der Waals surface area contributed by atoms with Crippen molar-refractivity contribution >= 4 is 11.9 Å². The molecule has 5 heteroatoms. The molecule has 0 aromatic heterocycles. The monoisotopic (exact) mass is 253 g/mol. The summed E-state index contributed by atoms with van der Waals surface area (Å²) in [6.07, 6.45) is 5.49. The second-order valence-electron chi connectivity index (χ2n) is 5.27. The molecule has 0 bridgehead atoms. The molecular weight excluding hydrogens is 230 g/mol. The maximum absolute atomic E-state index is 12.4. The van der Waals surface area contributed by atoms with Gasteiger partial charge in [-0.2, -0.15) is 0 Å². The van der Waals surface area contributed by atoms with Gasteiger partial charge >= 0.3 is 6.03 Å². The van der Waals surface area contributed by atoms with Gasteiger partial charge in [-0.05, 0) is 19.3 Å². The van der Waals surface area contributed by atoms with Gasteiger partial charge in [-0.3, -0.25) is 4.79 Å². The first-order valence-electron chi connectivity index (χ1n) is 6.96. The molecule has 102 valence electrons. The SMILES string of the molecule is CN1CCCN(C(=O)N2CCCCCC2)CC1=O. The first kappa shape index (κ1) is 13.2. The van der Waals surface area contributed by atoms with Crippen molar-refractivity contribution in [3.8, 4) is 0 Å². The van der Waals surface area contributed by atoms with E-state index in [1.54, 1.807) is 9.80 Å². The summed E-state index contributed by atoms with van der Waals surface area (Å²) < 4.78 is 0. The minimum atomic E-state index is 0.0515. The molecule has 2 fully saturated rings. The van der Waals surface area contributed by atoms with Crippen LogP contribution in [0.25, 0.3) is 0 Å². The van der Waals surface area contributed by atoms with Crippen molar-refractivity contribution in [2.24, 2.45) is 0 Å². The van der Waals surface area contributed by atoms with Crippen LogP contribution in [-0.2, 0) is 4.79 Å². The lowest BCUT2D eigenvalue weighted by atomic mass is 10.2. The Hall–Kier alpha value is -1.26. The highest BCUT2D eigenvalue weighted by Gasteiger charge is 2.26. The van der Waals surface area contributed by atoms with Crippen molar-refractivity contribution in [1.29, 1.82) is 0 Å². The summed E-state index contributed by atoms with van der Waals surface area (Å²) in [7, 11) is 1.81. The largest absolute Gasteiger partial charge is 0.344 e. The van der Waals surface area contributed by atoms with Gasteiger partial charge in [0.1, 0.15) is 6.54 Å². The first-order valence-corrected chi connectivity index (χ1v) is 6.96. The van der Waals surface area contributed by atoms with Gasteiger partial charge in [-0.1, -0.05) is 12.8 Å². The molecule has 0 spiro atoms. The Labute approximate surface area is 109 Å². The molecule has 0 saturated carbocycles. The Balaban J connectivity index is 1.96. The highest BCUT2D eigenvalue weighted by atomic mass is 16.2. The molecule has 0 aliphatic carbocycles. The van der Waals surface area contributed by atoms with Gasteiger partial charge < -0.3 is 14.7 Å². The van der Waals surface area contributed by atoms with Crippen LogP contribution in [-0.4, -0.2) is 66.4 Å². The molecule has 18 heavy (non-hydrogen) atoms. The quantitative estimate of drug-likeness (QED) is 0.650. The maximum atomic E-state index is 12.4. The van der Waals surface area contributed by atoms with Gasteiger partial charge in [-0.15, -0.1) is 0 Å². The average molecular weight is 253 g/mol. The van der Waals surface area contributed by atoms with Crippen LogP contribution in [0.15, 0.2) is 0 Å². The van der Waals surface area contributed by atoms with Crippen molar-refractivity contribution in [2.75, 3.05) is 39.8 Å². The fraction of sp³-hybridized carbons (Fsp3) is 0.846. The molecule has 0 atom stereocenters. The highest BCUT2D eigenvalue weighted by Crippen LogP contribution is 2.13. The fourth-order valence-corrected chi connectivity index (χ4v) is 2.61. The Kier molecular flexibility index (Phi) is 4.44. The third kappa shape index (κ3) is 3.15. The molecule has 0 aromatic rings. The van der Waals surface area contributed by atoms with E-state index in [9.17, 15) is 9.59 Å². The molecule has 0 radical (unpaired) electrons. The van der Waals surface area contributed by atoms with E-state index in [2.05, 4.69) is 0 Å². The van der Waals surface area contributed by atoms with E-state index in [-0.39, 0.29) is 18.5 Å². The fourth-order valence-electron chi connectivity index (χ4n) is 2.61. The van der Waals surface area contributed by atoms with Gasteiger partial charge in [0.25, 0.3) is 0 Å². The average Bonchev–Trinajstić information content (AvgIpc) is 2.71. The zero-order valence-corrected chi connectivity index (χ0v) is 11.2. The number of carbonyl (C=O) groups excluding carboxylic acids is 2. The molecule has 2 aliphatic heterocycles. The van der Waals surface area contributed by atoms with Crippen LogP contribution in [0.2, 0.25) is 0 Å². The minimum absolute atomic E-state index is 0.0515. The van der Waals surface area contributed by atoms with Crippen LogP contribution in [0.3, 0.4) is 0 Å². The summed E-state index contributed by atoms with van der Waals surface area (Å²) >= 11 is 0. The zero-order valence-electron chi connectivity index (χ0n) is 11.2. The molecule has 0 unspecified atom stereocenters. The summed E-state index contributed by atoms with van der Waals surface area (Å²) in [6.45, 7) is 3.39. The van der Waals surface area contributed by atoms with E-state index in [4.69, 9.17) is 0 Å². The van der Waals surface area contributed by atoms with Gasteiger partial charge in [-0.25, -0.2) is 4.79 Å². The van der Waals surface area contributed by atoms with Crippen molar-refractivity contribution in [1.82, 2.24) is 14.7 Å². The number of urea groups is 1. The third-order valence-corrected chi connectivity index (χ3v) is 3.82. The van der Waals surface area contributed by atoms with E-state index in [0.717, 1.165) is 38.9 Å². The number of amides is 3. The Morgan fingerprint density at radius 2 is 1.50 bits per heavy atom. The van der Waals surface area contributed by atoms with Crippen LogP contribution >= 0.6 is 0 Å². The predicted molar refractivity (Wildman–Crippen MR) is 69.3 cm³/mol. The number of likely N-dealkylation sites (N-methyl/N-ethyl adjacent to an activating group) is 1. The van der Waals surface area contributed by atoms with E-state index in [1.807, 2.05) is 11.9 Å². The van der Waals surface area contributed by atoms with Crippen LogP contribution < -0.4 is 0 Å². The number of hydrogen-bond acceptors (Lipinski definition) is 2. The van der Waals surface area contributed by atoms with Crippen molar-refractivity contribution in [3.05, 3.63) is 0 Å². The third-order valence-electron chi connectivity index (χ3n) is 3.82. The Bertz CT molecular complexity index is 311. The van der Waals surface area contributed by atoms with Crippen molar-refractivity contribution in [3.63, 3.8) is 0 Å². The topological polar surface area (TPSA) is 43.9 Å². The maximum Gasteiger partial charge on any atom is 0.320 e. The lowest BCUT2D eigenvalue weighted by molar-refractivity contribution is -0.129. The summed E-state index contributed by atoms with van der Waals surface area (Å²) in [5, 5.41) is 0. The molecule has 2 saturated heterocycles. The number of hydrogen-bond donors (Lipinski definition) is 0. The molecule has 2 aliphatic rings. The summed E-state index contributed by atoms with van der Waals surface area (Å²) in [4.78, 5) is 29.5. The molecule has 0 N–H and O–H groups in total. The number of carbonyl (C=O) groups is 2. The summed E-state index contributed by atoms with van der Waals surface area (Å²) in [5.41, 5.74) is 0. The van der Waals surface area contributed by atoms with Gasteiger partial charge in [0.05, 0.1) is 0 Å². The zero-order chi connectivity index (χ0) is 13.0. The van der Waals surface area contributed by atoms with Crippen LogP contribution in [0.1, 0.15) is 32.1 Å². The van der Waals surface area contributed by atoms with Crippen molar-refractivity contribution < 1.29 is 9.59 Å². The van der Waals surface area contributed by atoms with Crippen LogP contribution in [0, 0.1) is 0 Å². The molecule has 2 heterocycles. The lowest BCUT2D eigenvalue weighted by Crippen LogP contribution is -2.46.